The average Bonchev–Trinajstić information content (AvgIpc) is 2.49. The number of carbonyl (C=O) groups is 2. The van der Waals surface area contributed by atoms with Gasteiger partial charge in [0.15, 0.2) is 0 Å². The summed E-state index contributed by atoms with van der Waals surface area (Å²) < 4.78 is 27.4. The van der Waals surface area contributed by atoms with Crippen LogP contribution in [0.2, 0.25) is 0 Å². The van der Waals surface area contributed by atoms with Crippen molar-refractivity contribution in [3.63, 3.8) is 0 Å². The zero-order chi connectivity index (χ0) is 17.7. The first-order chi connectivity index (χ1) is 11.3. The van der Waals surface area contributed by atoms with Crippen LogP contribution in [-0.2, 0) is 22.4 Å². The van der Waals surface area contributed by atoms with Gasteiger partial charge in [-0.2, -0.15) is 0 Å². The summed E-state index contributed by atoms with van der Waals surface area (Å²) in [4.78, 5) is 23.3. The molecule has 0 fully saturated rings. The molecule has 126 valence electrons. The highest BCUT2D eigenvalue weighted by Crippen LogP contribution is 2.12. The number of nitrogens with one attached hydrogen (secondary N) is 1. The number of rotatable bonds is 6. The topological polar surface area (TPSA) is 66.4 Å². The van der Waals surface area contributed by atoms with Gasteiger partial charge in [-0.25, -0.2) is 13.6 Å². The van der Waals surface area contributed by atoms with Gasteiger partial charge in [0.05, 0.1) is 6.42 Å². The summed E-state index contributed by atoms with van der Waals surface area (Å²) in [7, 11) is 0. The molecule has 1 atom stereocenters. The summed E-state index contributed by atoms with van der Waals surface area (Å²) in [5.41, 5.74) is 0.773. The van der Waals surface area contributed by atoms with E-state index in [1.807, 2.05) is 12.1 Å². The van der Waals surface area contributed by atoms with Gasteiger partial charge in [-0.1, -0.05) is 18.2 Å². The molecule has 2 rings (SSSR count). The fraction of sp³-hybridized carbons (Fsp3) is 0.176. The van der Waals surface area contributed by atoms with Crippen molar-refractivity contribution in [2.75, 3.05) is 0 Å². The van der Waals surface area contributed by atoms with Crippen LogP contribution in [0.4, 0.5) is 8.78 Å². The summed E-state index contributed by atoms with van der Waals surface area (Å²) in [5.74, 6) is -3.39. The van der Waals surface area contributed by atoms with Crippen molar-refractivity contribution < 1.29 is 23.5 Å². The van der Waals surface area contributed by atoms with Crippen LogP contribution in [-0.4, -0.2) is 23.0 Å². The van der Waals surface area contributed by atoms with E-state index in [0.29, 0.717) is 6.07 Å². The molecule has 1 amide bonds. The van der Waals surface area contributed by atoms with Gasteiger partial charge in [0.2, 0.25) is 5.91 Å². The number of carbonyl (C=O) groups excluding carboxylic acids is 1. The Morgan fingerprint density at radius 3 is 2.54 bits per heavy atom. The first kappa shape index (κ1) is 18.3. The lowest BCUT2D eigenvalue weighted by Crippen LogP contribution is -2.43. The summed E-state index contributed by atoms with van der Waals surface area (Å²) >= 11 is 2.11. The molecule has 0 radical (unpaired) electrons. The molecule has 0 saturated carbocycles. The van der Waals surface area contributed by atoms with Crippen LogP contribution in [0.15, 0.2) is 42.5 Å². The summed E-state index contributed by atoms with van der Waals surface area (Å²) in [6.07, 6.45) is -0.244. The molecule has 0 spiro atoms. The Kier molecular flexibility index (Phi) is 6.24. The van der Waals surface area contributed by atoms with E-state index in [0.717, 1.165) is 15.2 Å². The van der Waals surface area contributed by atoms with Crippen molar-refractivity contribution in [2.45, 2.75) is 18.9 Å². The Bertz CT molecular complexity index is 767. The number of amides is 1. The maximum Gasteiger partial charge on any atom is 0.326 e. The predicted octanol–water partition coefficient (Wildman–Crippen LogP) is 2.92. The Hall–Kier alpha value is -2.03. The van der Waals surface area contributed by atoms with E-state index in [4.69, 9.17) is 0 Å². The van der Waals surface area contributed by atoms with E-state index in [2.05, 4.69) is 27.9 Å². The predicted molar refractivity (Wildman–Crippen MR) is 92.5 cm³/mol. The molecular weight excluding hydrogens is 431 g/mol. The van der Waals surface area contributed by atoms with Gasteiger partial charge >= 0.3 is 5.97 Å². The minimum Gasteiger partial charge on any atom is -0.480 e. The van der Waals surface area contributed by atoms with Crippen molar-refractivity contribution in [1.29, 1.82) is 0 Å². The maximum atomic E-state index is 13.6. The van der Waals surface area contributed by atoms with Crippen molar-refractivity contribution in [3.8, 4) is 0 Å². The van der Waals surface area contributed by atoms with E-state index in [-0.39, 0.29) is 18.4 Å². The lowest BCUT2D eigenvalue weighted by molar-refractivity contribution is -0.141. The average molecular weight is 445 g/mol. The Balaban J connectivity index is 2.04. The first-order valence-electron chi connectivity index (χ1n) is 7.05. The van der Waals surface area contributed by atoms with Gasteiger partial charge in [0.25, 0.3) is 0 Å². The second-order valence-electron chi connectivity index (χ2n) is 5.20. The maximum absolute atomic E-state index is 13.6. The van der Waals surface area contributed by atoms with Crippen molar-refractivity contribution in [2.24, 2.45) is 0 Å². The van der Waals surface area contributed by atoms with E-state index in [1.54, 1.807) is 12.1 Å². The molecule has 2 aromatic carbocycles. The van der Waals surface area contributed by atoms with Gasteiger partial charge in [-0.15, -0.1) is 0 Å². The zero-order valence-corrected chi connectivity index (χ0v) is 14.6. The van der Waals surface area contributed by atoms with Gasteiger partial charge < -0.3 is 10.4 Å². The monoisotopic (exact) mass is 445 g/mol. The van der Waals surface area contributed by atoms with E-state index < -0.39 is 29.6 Å². The Morgan fingerprint density at radius 2 is 1.92 bits per heavy atom. The second-order valence-corrected chi connectivity index (χ2v) is 6.45. The smallest absolute Gasteiger partial charge is 0.326 e. The number of halogens is 3. The quantitative estimate of drug-likeness (QED) is 0.673. The van der Waals surface area contributed by atoms with Gasteiger partial charge in [-0.05, 0) is 51.9 Å². The van der Waals surface area contributed by atoms with Crippen LogP contribution < -0.4 is 5.32 Å². The molecule has 0 aliphatic carbocycles. The van der Waals surface area contributed by atoms with Gasteiger partial charge in [0, 0.05) is 16.1 Å². The molecule has 0 saturated heterocycles. The fourth-order valence-corrected chi connectivity index (χ4v) is 2.79. The van der Waals surface area contributed by atoms with Crippen LogP contribution in [0, 0.1) is 15.2 Å². The highest BCUT2D eigenvalue weighted by molar-refractivity contribution is 14.1. The second kappa shape index (κ2) is 8.18. The van der Waals surface area contributed by atoms with Crippen LogP contribution in [0.1, 0.15) is 11.1 Å². The van der Waals surface area contributed by atoms with Crippen LogP contribution in [0.5, 0.6) is 0 Å². The third-order valence-corrected chi connectivity index (χ3v) is 4.00. The molecule has 0 aliphatic heterocycles. The number of aliphatic carboxylic acids is 1. The number of carboxylic acids is 1. The summed E-state index contributed by atoms with van der Waals surface area (Å²) in [6, 6.07) is 9.03. The molecule has 24 heavy (non-hydrogen) atoms. The highest BCUT2D eigenvalue weighted by atomic mass is 127. The SMILES string of the molecule is O=C(Cc1ccc(F)cc1F)N[C@@H](Cc1cccc(I)c1)C(=O)O. The fourth-order valence-electron chi connectivity index (χ4n) is 2.18. The molecule has 4 nitrogen and oxygen atoms in total. The molecule has 0 unspecified atom stereocenters. The zero-order valence-electron chi connectivity index (χ0n) is 12.4. The minimum absolute atomic E-state index is 0.00676. The largest absolute Gasteiger partial charge is 0.480 e. The third kappa shape index (κ3) is 5.26. The lowest BCUT2D eigenvalue weighted by atomic mass is 10.1. The molecule has 0 aromatic heterocycles. The minimum atomic E-state index is -1.18. The van der Waals surface area contributed by atoms with E-state index in [1.165, 1.54) is 6.07 Å². The highest BCUT2D eigenvalue weighted by Gasteiger charge is 2.21. The molecule has 0 bridgehead atoms. The van der Waals surface area contributed by atoms with Crippen LogP contribution in [0.3, 0.4) is 0 Å². The van der Waals surface area contributed by atoms with Gasteiger partial charge in [0.1, 0.15) is 17.7 Å². The van der Waals surface area contributed by atoms with Crippen LogP contribution >= 0.6 is 22.6 Å². The number of carboxylic acid groups (broad SMARTS) is 1. The molecular formula is C17H14F2INO3. The summed E-state index contributed by atoms with van der Waals surface area (Å²) in [5, 5.41) is 11.6. The van der Waals surface area contributed by atoms with Crippen molar-refractivity contribution in [1.82, 2.24) is 5.32 Å². The third-order valence-electron chi connectivity index (χ3n) is 3.33. The van der Waals surface area contributed by atoms with Crippen LogP contribution in [0.25, 0.3) is 0 Å². The molecule has 2 aromatic rings. The van der Waals surface area contributed by atoms with Crippen molar-refractivity contribution in [3.05, 3.63) is 68.8 Å². The van der Waals surface area contributed by atoms with Crippen molar-refractivity contribution >= 4 is 34.5 Å². The standard InChI is InChI=1S/C17H14F2INO3/c18-12-5-4-11(14(19)9-12)8-16(22)21-15(17(23)24)7-10-2-1-3-13(20)6-10/h1-6,9,15H,7-8H2,(H,21,22)(H,23,24)/t15-/m0/s1. The summed E-state index contributed by atoms with van der Waals surface area (Å²) in [6.45, 7) is 0. The lowest BCUT2D eigenvalue weighted by Gasteiger charge is -2.15. The van der Waals surface area contributed by atoms with Gasteiger partial charge in [-0.3, -0.25) is 4.79 Å². The Labute approximate surface area is 151 Å². The Morgan fingerprint density at radius 1 is 1.17 bits per heavy atom. The number of hydrogen-bond donors (Lipinski definition) is 2. The molecule has 0 aliphatic rings. The number of benzene rings is 2. The number of hydrogen-bond acceptors (Lipinski definition) is 2. The molecule has 0 heterocycles. The molecule has 2 N–H and O–H groups in total. The van der Waals surface area contributed by atoms with E-state index in [9.17, 15) is 23.5 Å². The molecule has 7 heteroatoms. The normalized spacial score (nSPS) is 11.8. The first-order valence-corrected chi connectivity index (χ1v) is 8.13. The van der Waals surface area contributed by atoms with E-state index >= 15 is 0 Å².